The molecule has 0 bridgehead atoms. The highest BCUT2D eigenvalue weighted by Gasteiger charge is 2.28. The maximum Gasteiger partial charge on any atom is 0.161 e. The van der Waals surface area contributed by atoms with Crippen molar-refractivity contribution in [1.82, 2.24) is 4.98 Å². The highest BCUT2D eigenvalue weighted by atomic mass is 32.2. The van der Waals surface area contributed by atoms with Gasteiger partial charge in [-0.3, -0.25) is 4.79 Å². The summed E-state index contributed by atoms with van der Waals surface area (Å²) < 4.78 is 0. The quantitative estimate of drug-likeness (QED) is 0.779. The maximum atomic E-state index is 10.6. The van der Waals surface area contributed by atoms with Crippen LogP contribution in [0.1, 0.15) is 33.3 Å². The highest BCUT2D eigenvalue weighted by molar-refractivity contribution is 8.06. The molecule has 2 heterocycles. The zero-order chi connectivity index (χ0) is 10.7. The number of carbonyl (C=O) groups excluding carboxylic acids is 1. The number of aromatic nitrogens is 1. The van der Waals surface area contributed by atoms with E-state index in [-0.39, 0.29) is 0 Å². The number of hydrogen-bond acceptors (Lipinski definition) is 5. The first kappa shape index (κ1) is 11.5. The summed E-state index contributed by atoms with van der Waals surface area (Å²) in [6, 6.07) is 0. The van der Waals surface area contributed by atoms with Crippen LogP contribution in [0.4, 0.5) is 0 Å². The van der Waals surface area contributed by atoms with Crippen LogP contribution in [0, 0.1) is 0 Å². The summed E-state index contributed by atoms with van der Waals surface area (Å²) in [5.74, 6) is 2.44. The molecule has 82 valence electrons. The van der Waals surface area contributed by atoms with Crippen molar-refractivity contribution in [3.63, 3.8) is 0 Å². The Kier molecular flexibility index (Phi) is 4.11. The number of rotatable bonds is 3. The molecule has 2 unspecified atom stereocenters. The Balaban J connectivity index is 2.16. The molecule has 1 aliphatic heterocycles. The van der Waals surface area contributed by atoms with E-state index in [2.05, 4.69) is 11.9 Å². The second-order valence-electron chi connectivity index (χ2n) is 3.33. The standard InChI is InChI=1S/C10H13NOS3/c1-2-8-9(14-4-3-13-8)10-11-5-7(6-12)15-10/h5-6,8-9H,2-4H2,1H3. The summed E-state index contributed by atoms with van der Waals surface area (Å²) in [5, 5.41) is 2.28. The Hall–Kier alpha value is -0.0000000000000000833. The summed E-state index contributed by atoms with van der Waals surface area (Å²) in [6.45, 7) is 2.23. The summed E-state index contributed by atoms with van der Waals surface area (Å²) in [6.07, 6.45) is 3.76. The molecule has 2 atom stereocenters. The van der Waals surface area contributed by atoms with Crippen LogP contribution >= 0.6 is 34.9 Å². The van der Waals surface area contributed by atoms with Crippen LogP contribution in [-0.2, 0) is 0 Å². The zero-order valence-electron chi connectivity index (χ0n) is 8.51. The summed E-state index contributed by atoms with van der Waals surface area (Å²) in [5.41, 5.74) is 0. The molecule has 15 heavy (non-hydrogen) atoms. The molecule has 1 aromatic heterocycles. The number of thiazole rings is 1. The van der Waals surface area contributed by atoms with E-state index in [0.717, 1.165) is 16.2 Å². The van der Waals surface area contributed by atoms with Gasteiger partial charge in [0, 0.05) is 23.0 Å². The summed E-state index contributed by atoms with van der Waals surface area (Å²) in [7, 11) is 0. The van der Waals surface area contributed by atoms with Gasteiger partial charge in [0.1, 0.15) is 5.01 Å². The zero-order valence-corrected chi connectivity index (χ0v) is 11.0. The van der Waals surface area contributed by atoms with Gasteiger partial charge in [0.2, 0.25) is 0 Å². The van der Waals surface area contributed by atoms with Gasteiger partial charge in [-0.1, -0.05) is 6.92 Å². The number of aldehydes is 1. The second kappa shape index (κ2) is 5.37. The van der Waals surface area contributed by atoms with Crippen molar-refractivity contribution < 1.29 is 4.79 Å². The molecule has 0 N–H and O–H groups in total. The number of thioether (sulfide) groups is 2. The molecule has 1 aliphatic rings. The van der Waals surface area contributed by atoms with E-state index in [1.54, 1.807) is 17.5 Å². The minimum Gasteiger partial charge on any atom is -0.297 e. The summed E-state index contributed by atoms with van der Waals surface area (Å²) in [4.78, 5) is 15.7. The van der Waals surface area contributed by atoms with Gasteiger partial charge in [-0.25, -0.2) is 4.98 Å². The molecule has 1 saturated heterocycles. The van der Waals surface area contributed by atoms with Crippen LogP contribution in [-0.4, -0.2) is 28.0 Å². The number of hydrogen-bond donors (Lipinski definition) is 0. The molecule has 0 amide bonds. The first-order valence-electron chi connectivity index (χ1n) is 4.99. The molecule has 0 radical (unpaired) electrons. The van der Waals surface area contributed by atoms with Crippen LogP contribution in [0.15, 0.2) is 6.20 Å². The normalized spacial score (nSPS) is 26.5. The lowest BCUT2D eigenvalue weighted by atomic mass is 10.2. The second-order valence-corrected chi connectivity index (χ2v) is 7.02. The Morgan fingerprint density at radius 3 is 3.00 bits per heavy atom. The molecule has 0 spiro atoms. The average Bonchev–Trinajstić information content (AvgIpc) is 2.77. The van der Waals surface area contributed by atoms with Crippen molar-refractivity contribution in [3.05, 3.63) is 16.1 Å². The van der Waals surface area contributed by atoms with Crippen molar-refractivity contribution in [3.8, 4) is 0 Å². The van der Waals surface area contributed by atoms with Gasteiger partial charge in [0.05, 0.1) is 10.1 Å². The molecule has 2 nitrogen and oxygen atoms in total. The molecule has 1 fully saturated rings. The molecular formula is C10H13NOS3. The van der Waals surface area contributed by atoms with Crippen LogP contribution in [0.25, 0.3) is 0 Å². The van der Waals surface area contributed by atoms with Crippen molar-refractivity contribution in [2.45, 2.75) is 23.8 Å². The SMILES string of the molecule is CCC1SCCSC1c1ncc(C=O)s1. The Morgan fingerprint density at radius 2 is 2.33 bits per heavy atom. The van der Waals surface area contributed by atoms with Gasteiger partial charge in [0.25, 0.3) is 0 Å². The third kappa shape index (κ3) is 2.57. The average molecular weight is 259 g/mol. The van der Waals surface area contributed by atoms with E-state index in [9.17, 15) is 4.79 Å². The van der Waals surface area contributed by atoms with Crippen molar-refractivity contribution in [1.29, 1.82) is 0 Å². The number of carbonyl (C=O) groups is 1. The summed E-state index contributed by atoms with van der Waals surface area (Å²) >= 11 is 5.57. The molecule has 0 aliphatic carbocycles. The fourth-order valence-corrected chi connectivity index (χ4v) is 5.78. The van der Waals surface area contributed by atoms with E-state index in [0.29, 0.717) is 10.5 Å². The van der Waals surface area contributed by atoms with Gasteiger partial charge >= 0.3 is 0 Å². The molecule has 2 rings (SSSR count). The first-order valence-corrected chi connectivity index (χ1v) is 7.90. The van der Waals surface area contributed by atoms with Gasteiger partial charge in [-0.05, 0) is 6.42 Å². The third-order valence-electron chi connectivity index (χ3n) is 2.35. The fraction of sp³-hybridized carbons (Fsp3) is 0.600. The predicted octanol–water partition coefficient (Wildman–Crippen LogP) is 3.26. The molecule has 0 saturated carbocycles. The van der Waals surface area contributed by atoms with E-state index in [4.69, 9.17) is 0 Å². The van der Waals surface area contributed by atoms with E-state index < -0.39 is 0 Å². The third-order valence-corrected chi connectivity index (χ3v) is 6.76. The lowest BCUT2D eigenvalue weighted by Crippen LogP contribution is -2.17. The van der Waals surface area contributed by atoms with E-state index >= 15 is 0 Å². The van der Waals surface area contributed by atoms with Crippen molar-refractivity contribution in [2.24, 2.45) is 0 Å². The van der Waals surface area contributed by atoms with Crippen molar-refractivity contribution in [2.75, 3.05) is 11.5 Å². The molecule has 0 aromatic carbocycles. The van der Waals surface area contributed by atoms with Crippen LogP contribution in [0.5, 0.6) is 0 Å². The lowest BCUT2D eigenvalue weighted by molar-refractivity contribution is 0.112. The van der Waals surface area contributed by atoms with Gasteiger partial charge < -0.3 is 0 Å². The van der Waals surface area contributed by atoms with Gasteiger partial charge in [0.15, 0.2) is 6.29 Å². The van der Waals surface area contributed by atoms with E-state index in [1.165, 1.54) is 17.9 Å². The Morgan fingerprint density at radius 1 is 1.53 bits per heavy atom. The largest absolute Gasteiger partial charge is 0.297 e. The Labute approximate surface area is 102 Å². The van der Waals surface area contributed by atoms with Crippen LogP contribution in [0.3, 0.4) is 0 Å². The van der Waals surface area contributed by atoms with Crippen LogP contribution < -0.4 is 0 Å². The predicted molar refractivity (Wildman–Crippen MR) is 69.2 cm³/mol. The highest BCUT2D eigenvalue weighted by Crippen LogP contribution is 2.44. The smallest absolute Gasteiger partial charge is 0.161 e. The molecule has 1 aromatic rings. The maximum absolute atomic E-state index is 10.6. The van der Waals surface area contributed by atoms with Gasteiger partial charge in [-0.15, -0.1) is 23.1 Å². The first-order chi connectivity index (χ1) is 7.35. The Bertz CT molecular complexity index is 339. The monoisotopic (exact) mass is 259 g/mol. The number of nitrogens with zero attached hydrogens (tertiary/aromatic N) is 1. The van der Waals surface area contributed by atoms with Crippen molar-refractivity contribution >= 4 is 41.1 Å². The lowest BCUT2D eigenvalue weighted by Gasteiger charge is -2.28. The molecule has 5 heteroatoms. The topological polar surface area (TPSA) is 30.0 Å². The minimum absolute atomic E-state index is 0.493. The molecular weight excluding hydrogens is 246 g/mol. The van der Waals surface area contributed by atoms with Crippen LogP contribution in [0.2, 0.25) is 0 Å². The van der Waals surface area contributed by atoms with Gasteiger partial charge in [-0.2, -0.15) is 11.8 Å². The fourth-order valence-electron chi connectivity index (χ4n) is 1.62. The minimum atomic E-state index is 0.493. The van der Waals surface area contributed by atoms with E-state index in [1.807, 2.05) is 23.5 Å².